The summed E-state index contributed by atoms with van der Waals surface area (Å²) in [6, 6.07) is 9.49. The van der Waals surface area contributed by atoms with E-state index in [-0.39, 0.29) is 11.3 Å². The second-order valence-corrected chi connectivity index (χ2v) is 6.62. The zero-order chi connectivity index (χ0) is 18.8. The lowest BCUT2D eigenvalue weighted by Gasteiger charge is -2.11. The minimum Gasteiger partial charge on any atom is -0.463 e. The fourth-order valence-corrected chi connectivity index (χ4v) is 3.08. The third-order valence-electron chi connectivity index (χ3n) is 4.29. The fraction of sp³-hybridized carbons (Fsp3) is 0.182. The van der Waals surface area contributed by atoms with E-state index < -0.39 is 0 Å². The van der Waals surface area contributed by atoms with Gasteiger partial charge in [0.25, 0.3) is 0 Å². The van der Waals surface area contributed by atoms with Gasteiger partial charge in [-0.25, -0.2) is 0 Å². The Kier molecular flexibility index (Phi) is 4.76. The van der Waals surface area contributed by atoms with Gasteiger partial charge < -0.3 is 9.73 Å². The van der Waals surface area contributed by atoms with Crippen molar-refractivity contribution in [2.75, 3.05) is 5.32 Å². The summed E-state index contributed by atoms with van der Waals surface area (Å²) in [5, 5.41) is 3.40. The number of benzene rings is 2. The molecule has 4 nitrogen and oxygen atoms in total. The molecule has 3 aromatic rings. The molecule has 2 aromatic carbocycles. The average Bonchev–Trinajstić information content (AvgIpc) is 2.58. The highest BCUT2D eigenvalue weighted by Gasteiger charge is 2.08. The molecule has 1 aromatic heterocycles. The zero-order valence-electron chi connectivity index (χ0n) is 15.3. The van der Waals surface area contributed by atoms with Crippen LogP contribution >= 0.6 is 0 Å². The molecule has 3 rings (SSSR count). The highest BCUT2D eigenvalue weighted by molar-refractivity contribution is 6.03. The van der Waals surface area contributed by atoms with Crippen LogP contribution < -0.4 is 10.7 Å². The molecule has 1 heterocycles. The topological polar surface area (TPSA) is 59.3 Å². The number of amides is 1. The molecular weight excluding hydrogens is 326 g/mol. The second-order valence-electron chi connectivity index (χ2n) is 6.62. The van der Waals surface area contributed by atoms with Gasteiger partial charge >= 0.3 is 0 Å². The molecule has 0 saturated heterocycles. The average molecular weight is 347 g/mol. The molecule has 1 amide bonds. The van der Waals surface area contributed by atoms with E-state index in [9.17, 15) is 9.59 Å². The first-order valence-electron chi connectivity index (χ1n) is 8.44. The summed E-state index contributed by atoms with van der Waals surface area (Å²) in [6.07, 6.45) is 4.22. The van der Waals surface area contributed by atoms with Crippen LogP contribution in [0.4, 0.5) is 5.69 Å². The number of hydrogen-bond donors (Lipinski definition) is 1. The number of carbonyl (C=O) groups excluding carboxylic acids is 1. The Bertz CT molecular complexity index is 1070. The van der Waals surface area contributed by atoms with Crippen LogP contribution in [0, 0.1) is 27.7 Å². The fourth-order valence-electron chi connectivity index (χ4n) is 3.08. The van der Waals surface area contributed by atoms with Gasteiger partial charge in [-0.1, -0.05) is 29.3 Å². The van der Waals surface area contributed by atoms with Gasteiger partial charge in [-0.2, -0.15) is 0 Å². The van der Waals surface area contributed by atoms with Crippen molar-refractivity contribution in [1.82, 2.24) is 0 Å². The zero-order valence-corrected chi connectivity index (χ0v) is 15.3. The van der Waals surface area contributed by atoms with Gasteiger partial charge in [0.15, 0.2) is 5.43 Å². The summed E-state index contributed by atoms with van der Waals surface area (Å²) in [4.78, 5) is 24.8. The first-order chi connectivity index (χ1) is 12.3. The van der Waals surface area contributed by atoms with Gasteiger partial charge in [-0.3, -0.25) is 9.59 Å². The molecular formula is C22H21NO3. The van der Waals surface area contributed by atoms with Crippen molar-refractivity contribution >= 4 is 28.6 Å². The molecule has 1 N–H and O–H groups in total. The summed E-state index contributed by atoms with van der Waals surface area (Å²) >= 11 is 0. The largest absolute Gasteiger partial charge is 0.463 e. The Morgan fingerprint density at radius 1 is 1.00 bits per heavy atom. The highest BCUT2D eigenvalue weighted by atomic mass is 16.3. The summed E-state index contributed by atoms with van der Waals surface area (Å²) in [5.41, 5.74) is 5.67. The van der Waals surface area contributed by atoms with Crippen LogP contribution in [0.5, 0.6) is 0 Å². The van der Waals surface area contributed by atoms with E-state index in [0.717, 1.165) is 27.9 Å². The minimum absolute atomic E-state index is 0.151. The summed E-state index contributed by atoms with van der Waals surface area (Å²) in [6.45, 7) is 7.85. The number of carbonyl (C=O) groups is 1. The Balaban J connectivity index is 1.86. The van der Waals surface area contributed by atoms with Crippen molar-refractivity contribution in [3.63, 3.8) is 0 Å². The quantitative estimate of drug-likeness (QED) is 0.700. The summed E-state index contributed by atoms with van der Waals surface area (Å²) < 4.78 is 5.50. The molecule has 0 saturated carbocycles. The molecule has 4 heteroatoms. The summed E-state index contributed by atoms with van der Waals surface area (Å²) in [7, 11) is 0. The van der Waals surface area contributed by atoms with Gasteiger partial charge in [0.1, 0.15) is 11.8 Å². The molecule has 26 heavy (non-hydrogen) atoms. The number of rotatable bonds is 3. The van der Waals surface area contributed by atoms with Crippen LogP contribution in [0.15, 0.2) is 51.9 Å². The van der Waals surface area contributed by atoms with E-state index in [4.69, 9.17) is 4.42 Å². The second kappa shape index (κ2) is 7.00. The van der Waals surface area contributed by atoms with Crippen LogP contribution in [0.1, 0.15) is 27.8 Å². The van der Waals surface area contributed by atoms with E-state index in [1.807, 2.05) is 45.9 Å². The molecule has 0 radical (unpaired) electrons. The lowest BCUT2D eigenvalue weighted by atomic mass is 10.1. The SMILES string of the molecule is Cc1cc(C)c(NC(=O)/C=C/c2coc3ccc(C)cc3c2=O)c(C)c1. The maximum atomic E-state index is 12.6. The van der Waals surface area contributed by atoms with E-state index >= 15 is 0 Å². The molecule has 0 aliphatic heterocycles. The molecule has 0 spiro atoms. The molecule has 132 valence electrons. The van der Waals surface area contributed by atoms with Crippen molar-refractivity contribution in [1.29, 1.82) is 0 Å². The molecule has 0 fully saturated rings. The van der Waals surface area contributed by atoms with Crippen LogP contribution in [-0.4, -0.2) is 5.91 Å². The maximum absolute atomic E-state index is 12.6. The van der Waals surface area contributed by atoms with Gasteiger partial charge in [0.05, 0.1) is 10.9 Å². The molecule has 0 aliphatic rings. The number of anilines is 1. The number of hydrogen-bond acceptors (Lipinski definition) is 3. The highest BCUT2D eigenvalue weighted by Crippen LogP contribution is 2.22. The van der Waals surface area contributed by atoms with Gasteiger partial charge in [-0.05, 0) is 57.0 Å². The van der Waals surface area contributed by atoms with Crippen LogP contribution in [0.25, 0.3) is 17.0 Å². The van der Waals surface area contributed by atoms with Gasteiger partial charge in [-0.15, -0.1) is 0 Å². The van der Waals surface area contributed by atoms with E-state index in [0.29, 0.717) is 16.5 Å². The lowest BCUT2D eigenvalue weighted by Crippen LogP contribution is -2.11. The lowest BCUT2D eigenvalue weighted by molar-refractivity contribution is -0.111. The Hall–Kier alpha value is -3.14. The standard InChI is InChI=1S/C22H21NO3/c1-13-5-7-19-18(11-13)22(25)17(12-26-19)6-8-20(24)23-21-15(3)9-14(2)10-16(21)4/h5-12H,1-4H3,(H,23,24)/b8-6+. The van der Waals surface area contributed by atoms with Crippen molar-refractivity contribution in [3.8, 4) is 0 Å². The van der Waals surface area contributed by atoms with Crippen molar-refractivity contribution < 1.29 is 9.21 Å². The number of fused-ring (bicyclic) bond motifs is 1. The van der Waals surface area contributed by atoms with Crippen molar-refractivity contribution in [2.24, 2.45) is 0 Å². The first kappa shape index (κ1) is 17.7. The Morgan fingerprint density at radius 2 is 1.69 bits per heavy atom. The number of aryl methyl sites for hydroxylation is 4. The van der Waals surface area contributed by atoms with Crippen molar-refractivity contribution in [2.45, 2.75) is 27.7 Å². The molecule has 0 unspecified atom stereocenters. The molecule has 0 bridgehead atoms. The predicted octanol–water partition coefficient (Wildman–Crippen LogP) is 4.68. The van der Waals surface area contributed by atoms with E-state index in [1.165, 1.54) is 18.4 Å². The third kappa shape index (κ3) is 3.59. The third-order valence-corrected chi connectivity index (χ3v) is 4.29. The van der Waals surface area contributed by atoms with Gasteiger partial charge in [0.2, 0.25) is 5.91 Å². The van der Waals surface area contributed by atoms with Crippen LogP contribution in [0.3, 0.4) is 0 Å². The number of nitrogens with one attached hydrogen (secondary N) is 1. The molecule has 0 aliphatic carbocycles. The van der Waals surface area contributed by atoms with Gasteiger partial charge in [0, 0.05) is 11.8 Å². The first-order valence-corrected chi connectivity index (χ1v) is 8.44. The Morgan fingerprint density at radius 3 is 2.38 bits per heavy atom. The van der Waals surface area contributed by atoms with Crippen LogP contribution in [-0.2, 0) is 4.79 Å². The van der Waals surface area contributed by atoms with Crippen LogP contribution in [0.2, 0.25) is 0 Å². The Labute approximate surface area is 152 Å². The van der Waals surface area contributed by atoms with E-state index in [1.54, 1.807) is 12.1 Å². The normalized spacial score (nSPS) is 11.2. The minimum atomic E-state index is -0.288. The van der Waals surface area contributed by atoms with Crippen molar-refractivity contribution in [3.05, 3.63) is 80.7 Å². The van der Waals surface area contributed by atoms with E-state index in [2.05, 4.69) is 5.32 Å². The molecule has 0 atom stereocenters. The maximum Gasteiger partial charge on any atom is 0.248 e. The predicted molar refractivity (Wildman–Crippen MR) is 106 cm³/mol. The monoisotopic (exact) mass is 347 g/mol. The smallest absolute Gasteiger partial charge is 0.248 e. The summed E-state index contributed by atoms with van der Waals surface area (Å²) in [5.74, 6) is -0.288.